The second kappa shape index (κ2) is 5.14. The number of hydrogen-bond acceptors (Lipinski definition) is 4. The lowest BCUT2D eigenvalue weighted by molar-refractivity contribution is 0.584. The Labute approximate surface area is 125 Å². The van der Waals surface area contributed by atoms with Crippen LogP contribution in [0.15, 0.2) is 23.1 Å². The minimum absolute atomic E-state index is 0.0491. The molecule has 6 nitrogen and oxygen atoms in total. The van der Waals surface area contributed by atoms with E-state index in [2.05, 4.69) is 19.9 Å². The number of sulfonamides is 1. The van der Waals surface area contributed by atoms with E-state index in [9.17, 15) is 8.42 Å². The number of rotatable bonds is 3. The van der Waals surface area contributed by atoms with E-state index in [1.165, 1.54) is 0 Å². The van der Waals surface area contributed by atoms with Crippen LogP contribution >= 0.6 is 0 Å². The average molecular weight is 308 g/mol. The van der Waals surface area contributed by atoms with E-state index in [0.29, 0.717) is 11.4 Å². The van der Waals surface area contributed by atoms with Gasteiger partial charge in [-0.3, -0.25) is 5.10 Å². The van der Waals surface area contributed by atoms with Crippen LogP contribution in [0.2, 0.25) is 0 Å². The second-order valence-corrected chi connectivity index (χ2v) is 7.73. The van der Waals surface area contributed by atoms with Gasteiger partial charge in [-0.05, 0) is 36.5 Å². The van der Waals surface area contributed by atoms with E-state index in [1.807, 2.05) is 32.9 Å². The van der Waals surface area contributed by atoms with Gasteiger partial charge in [0, 0.05) is 0 Å². The quantitative estimate of drug-likeness (QED) is 0.912. The van der Waals surface area contributed by atoms with Crippen molar-refractivity contribution in [3.8, 4) is 0 Å². The zero-order valence-corrected chi connectivity index (χ0v) is 13.7. The zero-order chi connectivity index (χ0) is 15.8. The summed E-state index contributed by atoms with van der Waals surface area (Å²) in [4.78, 5) is 4.21. The molecule has 0 aliphatic rings. The Hall–Kier alpha value is -1.89. The van der Waals surface area contributed by atoms with Crippen LogP contribution in [0, 0.1) is 13.8 Å². The molecule has 0 spiro atoms. The molecule has 21 heavy (non-hydrogen) atoms. The van der Waals surface area contributed by atoms with Crippen LogP contribution in [0.3, 0.4) is 0 Å². The van der Waals surface area contributed by atoms with Crippen LogP contribution in [0.1, 0.15) is 37.7 Å². The maximum absolute atomic E-state index is 12.5. The summed E-state index contributed by atoms with van der Waals surface area (Å²) >= 11 is 0. The Balaban J connectivity index is 2.44. The second-order valence-electron chi connectivity index (χ2n) is 6.08. The predicted molar refractivity (Wildman–Crippen MR) is 81.8 cm³/mol. The molecule has 2 rings (SSSR count). The molecular formula is C14H20N4O2S. The number of H-pyrrole nitrogens is 1. The van der Waals surface area contributed by atoms with Gasteiger partial charge in [0.05, 0.1) is 4.90 Å². The SMILES string of the molecule is Cc1nc(NS(=O)(=O)c2cc(C(C)(C)C)ccc2C)n[nH]1. The molecule has 0 amide bonds. The minimum atomic E-state index is -3.71. The molecule has 0 radical (unpaired) electrons. The maximum atomic E-state index is 12.5. The topological polar surface area (TPSA) is 87.7 Å². The van der Waals surface area contributed by atoms with Crippen LogP contribution < -0.4 is 4.72 Å². The molecule has 0 fully saturated rings. The van der Waals surface area contributed by atoms with Crippen molar-refractivity contribution in [2.45, 2.75) is 44.9 Å². The van der Waals surface area contributed by atoms with Crippen LogP contribution in [0.5, 0.6) is 0 Å². The molecule has 1 aromatic carbocycles. The first-order valence-corrected chi connectivity index (χ1v) is 8.11. The highest BCUT2D eigenvalue weighted by molar-refractivity contribution is 7.92. The molecule has 0 bridgehead atoms. The maximum Gasteiger partial charge on any atom is 0.264 e. The third kappa shape index (κ3) is 3.41. The number of aromatic nitrogens is 3. The average Bonchev–Trinajstić information content (AvgIpc) is 2.72. The number of hydrogen-bond donors (Lipinski definition) is 2. The van der Waals surface area contributed by atoms with Crippen LogP contribution in [-0.2, 0) is 15.4 Å². The van der Waals surface area contributed by atoms with Gasteiger partial charge >= 0.3 is 0 Å². The van der Waals surface area contributed by atoms with Gasteiger partial charge in [0.1, 0.15) is 5.82 Å². The number of aryl methyl sites for hydroxylation is 2. The molecule has 0 saturated carbocycles. The highest BCUT2D eigenvalue weighted by Gasteiger charge is 2.22. The van der Waals surface area contributed by atoms with Crippen LogP contribution in [-0.4, -0.2) is 23.6 Å². The Morgan fingerprint density at radius 2 is 1.86 bits per heavy atom. The number of aromatic amines is 1. The molecule has 2 N–H and O–H groups in total. The Kier molecular flexibility index (Phi) is 3.79. The molecule has 1 heterocycles. The van der Waals surface area contributed by atoms with E-state index < -0.39 is 10.0 Å². The summed E-state index contributed by atoms with van der Waals surface area (Å²) in [5.74, 6) is 0.598. The Morgan fingerprint density at radius 3 is 2.38 bits per heavy atom. The summed E-state index contributed by atoms with van der Waals surface area (Å²) in [6.07, 6.45) is 0. The first kappa shape index (κ1) is 15.5. The Bertz CT molecular complexity index is 758. The summed E-state index contributed by atoms with van der Waals surface area (Å²) < 4.78 is 27.4. The van der Waals surface area contributed by atoms with Gasteiger partial charge in [-0.2, -0.15) is 4.98 Å². The highest BCUT2D eigenvalue weighted by Crippen LogP contribution is 2.27. The van der Waals surface area contributed by atoms with E-state index in [4.69, 9.17) is 0 Å². The van der Waals surface area contributed by atoms with Gasteiger partial charge in [0.15, 0.2) is 0 Å². The molecule has 0 aliphatic carbocycles. The van der Waals surface area contributed by atoms with Crippen molar-refractivity contribution in [2.24, 2.45) is 0 Å². The lowest BCUT2D eigenvalue weighted by Crippen LogP contribution is -2.18. The molecular weight excluding hydrogens is 288 g/mol. The number of anilines is 1. The largest absolute Gasteiger partial charge is 0.264 e. The van der Waals surface area contributed by atoms with Crippen molar-refractivity contribution in [1.29, 1.82) is 0 Å². The van der Waals surface area contributed by atoms with Gasteiger partial charge in [0.2, 0.25) is 0 Å². The molecule has 2 aromatic rings. The van der Waals surface area contributed by atoms with Crippen molar-refractivity contribution in [3.05, 3.63) is 35.2 Å². The van der Waals surface area contributed by atoms with Crippen molar-refractivity contribution in [2.75, 3.05) is 4.72 Å². The number of nitrogens with zero attached hydrogens (tertiary/aromatic N) is 2. The molecule has 0 saturated heterocycles. The predicted octanol–water partition coefficient (Wildman–Crippen LogP) is 2.52. The summed E-state index contributed by atoms with van der Waals surface area (Å²) in [7, 11) is -3.71. The monoisotopic (exact) mass is 308 g/mol. The van der Waals surface area contributed by atoms with Gasteiger partial charge in [-0.15, -0.1) is 5.10 Å². The fourth-order valence-electron chi connectivity index (χ4n) is 1.92. The summed E-state index contributed by atoms with van der Waals surface area (Å²) in [5, 5.41) is 6.41. The van der Waals surface area contributed by atoms with Gasteiger partial charge in [0.25, 0.3) is 16.0 Å². The Morgan fingerprint density at radius 1 is 1.19 bits per heavy atom. The number of nitrogens with one attached hydrogen (secondary N) is 2. The lowest BCUT2D eigenvalue weighted by Gasteiger charge is -2.20. The normalized spacial score (nSPS) is 12.4. The molecule has 0 atom stereocenters. The fraction of sp³-hybridized carbons (Fsp3) is 0.429. The first-order valence-electron chi connectivity index (χ1n) is 6.62. The molecule has 1 aromatic heterocycles. The molecule has 0 aliphatic heterocycles. The van der Waals surface area contributed by atoms with Crippen LogP contribution in [0.25, 0.3) is 0 Å². The molecule has 0 unspecified atom stereocenters. The minimum Gasteiger partial charge on any atom is -0.261 e. The summed E-state index contributed by atoms with van der Waals surface area (Å²) in [5.41, 5.74) is 1.52. The smallest absolute Gasteiger partial charge is 0.261 e. The van der Waals surface area contributed by atoms with Crippen LogP contribution in [0.4, 0.5) is 5.95 Å². The van der Waals surface area contributed by atoms with Gasteiger partial charge < -0.3 is 0 Å². The standard InChI is InChI=1S/C14H20N4O2S/c1-9-6-7-11(14(3,4)5)8-12(9)21(19,20)18-13-15-10(2)16-17-13/h6-8H,1-5H3,(H2,15,16,17,18). The van der Waals surface area contributed by atoms with Gasteiger partial charge in [-0.1, -0.05) is 32.9 Å². The van der Waals surface area contributed by atoms with Crippen molar-refractivity contribution < 1.29 is 8.42 Å². The third-order valence-electron chi connectivity index (χ3n) is 3.17. The van der Waals surface area contributed by atoms with Crippen molar-refractivity contribution >= 4 is 16.0 Å². The van der Waals surface area contributed by atoms with Gasteiger partial charge in [-0.25, -0.2) is 13.1 Å². The lowest BCUT2D eigenvalue weighted by atomic mass is 9.87. The number of benzene rings is 1. The molecule has 7 heteroatoms. The van der Waals surface area contributed by atoms with E-state index in [0.717, 1.165) is 5.56 Å². The summed E-state index contributed by atoms with van der Waals surface area (Å²) in [6.45, 7) is 9.60. The zero-order valence-electron chi connectivity index (χ0n) is 12.9. The van der Waals surface area contributed by atoms with E-state index in [-0.39, 0.29) is 16.3 Å². The van der Waals surface area contributed by atoms with Crippen molar-refractivity contribution in [3.63, 3.8) is 0 Å². The highest BCUT2D eigenvalue weighted by atomic mass is 32.2. The first-order chi connectivity index (χ1) is 9.59. The summed E-state index contributed by atoms with van der Waals surface area (Å²) in [6, 6.07) is 5.47. The molecule has 114 valence electrons. The van der Waals surface area contributed by atoms with Crippen molar-refractivity contribution in [1.82, 2.24) is 15.2 Å². The van der Waals surface area contributed by atoms with E-state index >= 15 is 0 Å². The fourth-order valence-corrected chi connectivity index (χ4v) is 3.14. The van der Waals surface area contributed by atoms with E-state index in [1.54, 1.807) is 19.9 Å². The third-order valence-corrected chi connectivity index (χ3v) is 4.64.